The van der Waals surface area contributed by atoms with E-state index in [0.29, 0.717) is 0 Å². The molecular weight excluding hydrogens is 420 g/mol. The van der Waals surface area contributed by atoms with E-state index in [1.54, 1.807) is 0 Å². The second-order valence-corrected chi connectivity index (χ2v) is 10.8. The quantitative estimate of drug-likeness (QED) is 0.656. The van der Waals surface area contributed by atoms with Crippen molar-refractivity contribution in [1.29, 1.82) is 0 Å². The highest BCUT2D eigenvalue weighted by Gasteiger charge is 2.35. The van der Waals surface area contributed by atoms with Crippen LogP contribution in [0.4, 0.5) is 0 Å². The van der Waals surface area contributed by atoms with E-state index in [9.17, 15) is 9.59 Å². The van der Waals surface area contributed by atoms with Gasteiger partial charge in [0, 0.05) is 23.9 Å². The second kappa shape index (κ2) is 9.93. The van der Waals surface area contributed by atoms with Crippen molar-refractivity contribution in [3.63, 3.8) is 0 Å². The van der Waals surface area contributed by atoms with E-state index in [1.165, 1.54) is 22.3 Å². The van der Waals surface area contributed by atoms with E-state index in [4.69, 9.17) is 0 Å². The number of carbonyl (C=O) groups excluding carboxylic acids is 2. The summed E-state index contributed by atoms with van der Waals surface area (Å²) >= 11 is 0. The van der Waals surface area contributed by atoms with Gasteiger partial charge >= 0.3 is 0 Å². The Bertz CT molecular complexity index is 956. The molecule has 2 N–H and O–H groups in total. The van der Waals surface area contributed by atoms with Crippen LogP contribution < -0.4 is 10.6 Å². The Hall–Kier alpha value is -2.62. The van der Waals surface area contributed by atoms with Crippen LogP contribution in [-0.2, 0) is 22.4 Å². The molecule has 0 aliphatic heterocycles. The number of benzene rings is 2. The first-order valence-corrected chi connectivity index (χ1v) is 13.3. The molecule has 0 aromatic heterocycles. The molecule has 0 unspecified atom stereocenters. The van der Waals surface area contributed by atoms with Crippen molar-refractivity contribution in [3.05, 3.63) is 70.8 Å². The molecule has 3 aliphatic rings. The molecule has 180 valence electrons. The van der Waals surface area contributed by atoms with E-state index < -0.39 is 0 Å². The Labute approximate surface area is 203 Å². The summed E-state index contributed by atoms with van der Waals surface area (Å²) in [5.41, 5.74) is 5.46. The normalized spacial score (nSPS) is 30.5. The Morgan fingerprint density at radius 1 is 0.618 bits per heavy atom. The Balaban J connectivity index is 1.10. The van der Waals surface area contributed by atoms with Crippen molar-refractivity contribution in [1.82, 2.24) is 10.6 Å². The third kappa shape index (κ3) is 4.64. The third-order valence-corrected chi connectivity index (χ3v) is 8.84. The zero-order valence-corrected chi connectivity index (χ0v) is 20.6. The molecule has 2 aromatic rings. The van der Waals surface area contributed by atoms with Gasteiger partial charge in [0.15, 0.2) is 0 Å². The lowest BCUT2D eigenvalue weighted by atomic mass is 9.75. The molecule has 1 saturated carbocycles. The predicted octanol–water partition coefficient (Wildman–Crippen LogP) is 5.26. The fourth-order valence-corrected chi connectivity index (χ4v) is 6.68. The van der Waals surface area contributed by atoms with Gasteiger partial charge in [0.25, 0.3) is 0 Å². The van der Waals surface area contributed by atoms with Crippen molar-refractivity contribution in [2.75, 3.05) is 0 Å². The molecule has 3 aliphatic carbocycles. The molecule has 2 aromatic carbocycles. The summed E-state index contributed by atoms with van der Waals surface area (Å²) in [5.74, 6) is 1.07. The average Bonchev–Trinajstić information content (AvgIpc) is 2.86. The third-order valence-electron chi connectivity index (χ3n) is 8.84. The van der Waals surface area contributed by atoms with Crippen LogP contribution in [0.3, 0.4) is 0 Å². The lowest BCUT2D eigenvalue weighted by Crippen LogP contribution is -2.47. The first-order chi connectivity index (χ1) is 16.5. The number of nitrogens with one attached hydrogen (secondary N) is 2. The van der Waals surface area contributed by atoms with Crippen LogP contribution in [0.15, 0.2) is 48.5 Å². The number of hydrogen-bond acceptors (Lipinski definition) is 2. The molecule has 0 radical (unpaired) electrons. The highest BCUT2D eigenvalue weighted by molar-refractivity contribution is 5.81. The van der Waals surface area contributed by atoms with Crippen LogP contribution in [0.1, 0.15) is 86.5 Å². The minimum Gasteiger partial charge on any atom is -0.353 e. The largest absolute Gasteiger partial charge is 0.353 e. The van der Waals surface area contributed by atoms with E-state index in [-0.39, 0.29) is 47.6 Å². The summed E-state index contributed by atoms with van der Waals surface area (Å²) < 4.78 is 0. The Morgan fingerprint density at radius 3 is 1.41 bits per heavy atom. The van der Waals surface area contributed by atoms with E-state index in [2.05, 4.69) is 73.0 Å². The highest BCUT2D eigenvalue weighted by Crippen LogP contribution is 2.37. The molecule has 0 spiro atoms. The second-order valence-electron chi connectivity index (χ2n) is 10.8. The predicted molar refractivity (Wildman–Crippen MR) is 136 cm³/mol. The lowest BCUT2D eigenvalue weighted by molar-refractivity contribution is -0.128. The summed E-state index contributed by atoms with van der Waals surface area (Å²) in [6, 6.07) is 17.6. The molecule has 2 amide bonds. The van der Waals surface area contributed by atoms with Gasteiger partial charge < -0.3 is 10.6 Å². The fourth-order valence-electron chi connectivity index (χ4n) is 6.68. The molecular formula is C30H38N2O2. The monoisotopic (exact) mass is 458 g/mol. The van der Waals surface area contributed by atoms with Crippen LogP contribution in [0.2, 0.25) is 0 Å². The summed E-state index contributed by atoms with van der Waals surface area (Å²) in [4.78, 5) is 26.2. The average molecular weight is 459 g/mol. The molecule has 4 nitrogen and oxygen atoms in total. The van der Waals surface area contributed by atoms with Gasteiger partial charge in [-0.25, -0.2) is 0 Å². The van der Waals surface area contributed by atoms with Crippen molar-refractivity contribution in [3.8, 4) is 0 Å². The topological polar surface area (TPSA) is 58.2 Å². The zero-order valence-electron chi connectivity index (χ0n) is 20.6. The summed E-state index contributed by atoms with van der Waals surface area (Å²) in [6.07, 6.45) is 7.60. The summed E-state index contributed by atoms with van der Waals surface area (Å²) in [7, 11) is 0. The van der Waals surface area contributed by atoms with Gasteiger partial charge in [0.05, 0.1) is 0 Å². The van der Waals surface area contributed by atoms with Crippen molar-refractivity contribution < 1.29 is 9.59 Å². The molecule has 0 bridgehead atoms. The minimum absolute atomic E-state index is 0.0583. The number of rotatable bonds is 4. The molecule has 0 saturated heterocycles. The van der Waals surface area contributed by atoms with Crippen molar-refractivity contribution >= 4 is 11.8 Å². The van der Waals surface area contributed by atoms with Gasteiger partial charge in [0.1, 0.15) is 0 Å². The van der Waals surface area contributed by atoms with E-state index in [0.717, 1.165) is 51.4 Å². The van der Waals surface area contributed by atoms with E-state index >= 15 is 0 Å². The van der Waals surface area contributed by atoms with Crippen molar-refractivity contribution in [2.24, 2.45) is 11.8 Å². The van der Waals surface area contributed by atoms with Crippen LogP contribution in [0, 0.1) is 11.8 Å². The van der Waals surface area contributed by atoms with Gasteiger partial charge in [-0.15, -0.1) is 0 Å². The van der Waals surface area contributed by atoms with Gasteiger partial charge in [-0.2, -0.15) is 0 Å². The molecule has 0 heterocycles. The maximum Gasteiger partial charge on any atom is 0.223 e. The van der Waals surface area contributed by atoms with Crippen LogP contribution in [-0.4, -0.2) is 23.9 Å². The lowest BCUT2D eigenvalue weighted by Gasteiger charge is -2.35. The van der Waals surface area contributed by atoms with Crippen LogP contribution >= 0.6 is 0 Å². The Kier molecular flexibility index (Phi) is 6.76. The van der Waals surface area contributed by atoms with E-state index in [1.807, 2.05) is 0 Å². The number of aryl methyl sites for hydroxylation is 2. The van der Waals surface area contributed by atoms with Gasteiger partial charge in [-0.3, -0.25) is 9.59 Å². The number of carbonyl (C=O) groups is 2. The molecule has 4 atom stereocenters. The SMILES string of the molecule is C[C@H]1c2ccccc2CC[C@H]1C(=O)NC1CCC(NC(=O)[C@@H]2CCc3ccccc3[C@@H]2C)CC1. The maximum atomic E-state index is 13.1. The summed E-state index contributed by atoms with van der Waals surface area (Å²) in [6.45, 7) is 4.39. The van der Waals surface area contributed by atoms with Crippen LogP contribution in [0.25, 0.3) is 0 Å². The van der Waals surface area contributed by atoms with Crippen molar-refractivity contribution in [2.45, 2.75) is 89.1 Å². The minimum atomic E-state index is 0.0583. The molecule has 1 fully saturated rings. The van der Waals surface area contributed by atoms with Gasteiger partial charge in [-0.05, 0) is 85.5 Å². The highest BCUT2D eigenvalue weighted by atomic mass is 16.2. The molecule has 5 rings (SSSR count). The van der Waals surface area contributed by atoms with Crippen LogP contribution in [0.5, 0.6) is 0 Å². The number of amides is 2. The maximum absolute atomic E-state index is 13.1. The smallest absolute Gasteiger partial charge is 0.223 e. The summed E-state index contributed by atoms with van der Waals surface area (Å²) in [5, 5.41) is 6.71. The molecule has 4 heteroatoms. The standard InChI is InChI=1S/C30H38N2O2/c1-19-25-9-5-3-7-21(25)11-17-27(19)29(33)31-23-13-15-24(16-14-23)32-30(34)28-18-12-22-8-4-6-10-26(22)20(28)2/h3-10,19-20,23-24,27-28H,11-18H2,1-2H3,(H,31,33)(H,32,34)/t19-,20-,23?,24?,27+,28+/m0/s1. The van der Waals surface area contributed by atoms with Gasteiger partial charge in [-0.1, -0.05) is 62.4 Å². The number of fused-ring (bicyclic) bond motifs is 2. The first-order valence-electron chi connectivity index (χ1n) is 13.3. The zero-order chi connectivity index (χ0) is 23.7. The Morgan fingerprint density at radius 2 is 1.00 bits per heavy atom. The van der Waals surface area contributed by atoms with Gasteiger partial charge in [0.2, 0.25) is 11.8 Å². The first kappa shape index (κ1) is 23.1. The fraction of sp³-hybridized carbons (Fsp3) is 0.533. The molecule has 34 heavy (non-hydrogen) atoms. The number of hydrogen-bond donors (Lipinski definition) is 2.